The van der Waals surface area contributed by atoms with Crippen LogP contribution < -0.4 is 5.32 Å². The van der Waals surface area contributed by atoms with Gasteiger partial charge in [-0.15, -0.1) is 0 Å². The van der Waals surface area contributed by atoms with E-state index in [2.05, 4.69) is 48.1 Å². The Hall–Kier alpha value is -1.61. The summed E-state index contributed by atoms with van der Waals surface area (Å²) < 4.78 is 2.07. The second-order valence-electron chi connectivity index (χ2n) is 6.47. The van der Waals surface area contributed by atoms with Gasteiger partial charge < -0.3 is 5.32 Å². The molecule has 0 aliphatic heterocycles. The van der Waals surface area contributed by atoms with Crippen LogP contribution in [0.1, 0.15) is 55.5 Å². The van der Waals surface area contributed by atoms with E-state index in [4.69, 9.17) is 5.10 Å². The average Bonchev–Trinajstić information content (AvgIpc) is 2.73. The fourth-order valence-electron chi connectivity index (χ4n) is 3.48. The van der Waals surface area contributed by atoms with Gasteiger partial charge in [0.15, 0.2) is 0 Å². The lowest BCUT2D eigenvalue weighted by molar-refractivity contribution is 0.458. The van der Waals surface area contributed by atoms with Crippen molar-refractivity contribution in [1.82, 2.24) is 15.1 Å². The van der Waals surface area contributed by atoms with Gasteiger partial charge in [0.25, 0.3) is 0 Å². The van der Waals surface area contributed by atoms with E-state index >= 15 is 0 Å². The molecule has 0 bridgehead atoms. The Labute approximate surface area is 133 Å². The van der Waals surface area contributed by atoms with E-state index in [-0.39, 0.29) is 0 Å². The third-order valence-corrected chi connectivity index (χ3v) is 4.86. The van der Waals surface area contributed by atoms with Gasteiger partial charge in [-0.1, -0.05) is 43.9 Å². The molecule has 0 atom stereocenters. The summed E-state index contributed by atoms with van der Waals surface area (Å²) in [5.74, 6) is 0. The van der Waals surface area contributed by atoms with Crippen LogP contribution in [0.15, 0.2) is 30.3 Å². The number of aromatic nitrogens is 2. The molecular weight excluding hydrogens is 270 g/mol. The Balaban J connectivity index is 1.73. The fraction of sp³-hybridized carbons (Fsp3) is 0.526. The molecule has 22 heavy (non-hydrogen) atoms. The topological polar surface area (TPSA) is 29.9 Å². The van der Waals surface area contributed by atoms with Crippen molar-refractivity contribution >= 4 is 0 Å². The van der Waals surface area contributed by atoms with Gasteiger partial charge in [-0.2, -0.15) is 5.10 Å². The third kappa shape index (κ3) is 3.41. The Bertz CT molecular complexity index is 593. The quantitative estimate of drug-likeness (QED) is 0.853. The molecule has 1 aliphatic carbocycles. The molecule has 0 unspecified atom stereocenters. The molecule has 1 fully saturated rings. The number of rotatable bonds is 4. The maximum atomic E-state index is 4.74. The van der Waals surface area contributed by atoms with Crippen LogP contribution in [0.25, 0.3) is 5.69 Å². The van der Waals surface area contributed by atoms with Crippen LogP contribution in [0, 0.1) is 13.8 Å². The summed E-state index contributed by atoms with van der Waals surface area (Å²) >= 11 is 0. The zero-order chi connectivity index (χ0) is 15.4. The summed E-state index contributed by atoms with van der Waals surface area (Å²) in [6.45, 7) is 5.24. The summed E-state index contributed by atoms with van der Waals surface area (Å²) in [5, 5.41) is 8.51. The van der Waals surface area contributed by atoms with Crippen molar-refractivity contribution in [3.05, 3.63) is 47.3 Å². The minimum absolute atomic E-state index is 0.682. The van der Waals surface area contributed by atoms with Crippen LogP contribution in [-0.4, -0.2) is 15.8 Å². The monoisotopic (exact) mass is 297 g/mol. The van der Waals surface area contributed by atoms with E-state index in [1.165, 1.54) is 49.8 Å². The molecule has 0 spiro atoms. The van der Waals surface area contributed by atoms with E-state index < -0.39 is 0 Å². The van der Waals surface area contributed by atoms with Crippen LogP contribution in [0.5, 0.6) is 0 Å². The largest absolute Gasteiger partial charge is 0.310 e. The Morgan fingerprint density at radius 2 is 1.73 bits per heavy atom. The Kier molecular flexibility index (Phi) is 4.94. The number of nitrogens with zero attached hydrogens (tertiary/aromatic N) is 2. The lowest BCUT2D eigenvalue weighted by Gasteiger charge is -2.16. The van der Waals surface area contributed by atoms with Crippen molar-refractivity contribution in [1.29, 1.82) is 0 Å². The Morgan fingerprint density at radius 3 is 2.41 bits per heavy atom. The van der Waals surface area contributed by atoms with Gasteiger partial charge in [0.2, 0.25) is 0 Å². The minimum atomic E-state index is 0.682. The number of hydrogen-bond donors (Lipinski definition) is 1. The SMILES string of the molecule is Cc1nn(-c2ccccc2)c(C)c1CNC1CCCCCC1. The summed E-state index contributed by atoms with van der Waals surface area (Å²) in [5.41, 5.74) is 4.89. The number of benzene rings is 1. The highest BCUT2D eigenvalue weighted by atomic mass is 15.3. The van der Waals surface area contributed by atoms with Crippen molar-refractivity contribution in [3.8, 4) is 5.69 Å². The molecule has 0 radical (unpaired) electrons. The van der Waals surface area contributed by atoms with Gasteiger partial charge in [-0.3, -0.25) is 0 Å². The highest BCUT2D eigenvalue weighted by Crippen LogP contribution is 2.20. The van der Waals surface area contributed by atoms with E-state index in [0.717, 1.165) is 17.9 Å². The number of nitrogens with one attached hydrogen (secondary N) is 1. The molecule has 1 aliphatic rings. The predicted octanol–water partition coefficient (Wildman–Crippen LogP) is 4.30. The summed E-state index contributed by atoms with van der Waals surface area (Å²) in [4.78, 5) is 0. The van der Waals surface area contributed by atoms with E-state index in [1.807, 2.05) is 6.07 Å². The number of aryl methyl sites for hydroxylation is 1. The second-order valence-corrected chi connectivity index (χ2v) is 6.47. The molecule has 1 saturated carbocycles. The Morgan fingerprint density at radius 1 is 1.05 bits per heavy atom. The van der Waals surface area contributed by atoms with E-state index in [1.54, 1.807) is 0 Å². The van der Waals surface area contributed by atoms with E-state index in [0.29, 0.717) is 6.04 Å². The minimum Gasteiger partial charge on any atom is -0.310 e. The molecule has 3 nitrogen and oxygen atoms in total. The van der Waals surface area contributed by atoms with Gasteiger partial charge in [0, 0.05) is 23.8 Å². The van der Waals surface area contributed by atoms with Crippen molar-refractivity contribution in [2.45, 2.75) is 65.0 Å². The maximum Gasteiger partial charge on any atom is 0.0648 e. The van der Waals surface area contributed by atoms with Gasteiger partial charge in [0.1, 0.15) is 0 Å². The summed E-state index contributed by atoms with van der Waals surface area (Å²) in [6, 6.07) is 11.1. The lowest BCUT2D eigenvalue weighted by Crippen LogP contribution is -2.28. The molecule has 1 heterocycles. The van der Waals surface area contributed by atoms with Crippen molar-refractivity contribution in [3.63, 3.8) is 0 Å². The van der Waals surface area contributed by atoms with Crippen LogP contribution in [0.2, 0.25) is 0 Å². The predicted molar refractivity (Wildman–Crippen MR) is 91.4 cm³/mol. The molecule has 0 saturated heterocycles. The highest BCUT2D eigenvalue weighted by Gasteiger charge is 2.16. The maximum absolute atomic E-state index is 4.74. The fourth-order valence-corrected chi connectivity index (χ4v) is 3.48. The normalized spacial score (nSPS) is 16.6. The molecule has 118 valence electrons. The van der Waals surface area contributed by atoms with Gasteiger partial charge in [-0.25, -0.2) is 4.68 Å². The van der Waals surface area contributed by atoms with Gasteiger partial charge in [-0.05, 0) is 38.8 Å². The molecule has 3 rings (SSSR count). The van der Waals surface area contributed by atoms with Crippen LogP contribution in [-0.2, 0) is 6.54 Å². The molecule has 2 aromatic rings. The second kappa shape index (κ2) is 7.10. The van der Waals surface area contributed by atoms with Crippen LogP contribution >= 0.6 is 0 Å². The van der Waals surface area contributed by atoms with Crippen molar-refractivity contribution in [2.24, 2.45) is 0 Å². The first kappa shape index (κ1) is 15.3. The smallest absolute Gasteiger partial charge is 0.0648 e. The molecule has 1 aromatic carbocycles. The number of para-hydroxylation sites is 1. The molecule has 1 N–H and O–H groups in total. The van der Waals surface area contributed by atoms with Crippen LogP contribution in [0.4, 0.5) is 0 Å². The van der Waals surface area contributed by atoms with Crippen molar-refractivity contribution in [2.75, 3.05) is 0 Å². The van der Waals surface area contributed by atoms with Gasteiger partial charge in [0.05, 0.1) is 11.4 Å². The zero-order valence-electron chi connectivity index (χ0n) is 13.8. The standard InChI is InChI=1S/C19H27N3/c1-15-19(14-20-17-10-6-3-4-7-11-17)16(2)22(21-15)18-12-8-5-9-13-18/h5,8-9,12-13,17,20H,3-4,6-7,10-11,14H2,1-2H3. The van der Waals surface area contributed by atoms with Crippen molar-refractivity contribution < 1.29 is 0 Å². The van der Waals surface area contributed by atoms with E-state index in [9.17, 15) is 0 Å². The first-order valence-corrected chi connectivity index (χ1v) is 8.59. The lowest BCUT2D eigenvalue weighted by atomic mass is 10.1. The first-order chi connectivity index (χ1) is 10.8. The molecule has 1 aromatic heterocycles. The zero-order valence-corrected chi connectivity index (χ0v) is 13.8. The number of hydrogen-bond acceptors (Lipinski definition) is 2. The van der Waals surface area contributed by atoms with Crippen LogP contribution in [0.3, 0.4) is 0 Å². The summed E-state index contributed by atoms with van der Waals surface area (Å²) in [7, 11) is 0. The molecule has 3 heteroatoms. The molecular formula is C19H27N3. The highest BCUT2D eigenvalue weighted by molar-refractivity contribution is 5.36. The molecule has 0 amide bonds. The van der Waals surface area contributed by atoms with Gasteiger partial charge >= 0.3 is 0 Å². The summed E-state index contributed by atoms with van der Waals surface area (Å²) in [6.07, 6.45) is 8.21. The first-order valence-electron chi connectivity index (χ1n) is 8.59. The third-order valence-electron chi connectivity index (χ3n) is 4.86. The average molecular weight is 297 g/mol.